The van der Waals surface area contributed by atoms with Gasteiger partial charge in [0.2, 0.25) is 0 Å². The van der Waals surface area contributed by atoms with Crippen molar-refractivity contribution in [3.05, 3.63) is 0 Å². The minimum absolute atomic E-state index is 0.606. The van der Waals surface area contributed by atoms with Crippen LogP contribution in [0.15, 0.2) is 0 Å². The van der Waals surface area contributed by atoms with Crippen molar-refractivity contribution in [2.75, 3.05) is 7.05 Å². The van der Waals surface area contributed by atoms with Gasteiger partial charge in [0.25, 0.3) is 0 Å². The molecule has 2 N–H and O–H groups in total. The summed E-state index contributed by atoms with van der Waals surface area (Å²) in [4.78, 5) is 0. The van der Waals surface area contributed by atoms with Crippen LogP contribution in [0.25, 0.3) is 0 Å². The van der Waals surface area contributed by atoms with Gasteiger partial charge < -0.3 is 10.6 Å². The highest BCUT2D eigenvalue weighted by atomic mass is 32.1. The van der Waals surface area contributed by atoms with Crippen molar-refractivity contribution in [3.63, 3.8) is 0 Å². The second-order valence-electron chi connectivity index (χ2n) is 3.24. The van der Waals surface area contributed by atoms with Gasteiger partial charge in [-0.25, -0.2) is 0 Å². The monoisotopic (exact) mass is 172 g/mol. The van der Waals surface area contributed by atoms with E-state index in [-0.39, 0.29) is 0 Å². The lowest BCUT2D eigenvalue weighted by Crippen LogP contribution is -2.41. The molecule has 3 heteroatoms. The number of hydrogen-bond acceptors (Lipinski definition) is 1. The van der Waals surface area contributed by atoms with Crippen molar-refractivity contribution in [2.45, 2.75) is 32.2 Å². The Balaban J connectivity index is 2.30. The number of rotatable bonds is 1. The Morgan fingerprint density at radius 3 is 2.64 bits per heavy atom. The van der Waals surface area contributed by atoms with E-state index < -0.39 is 0 Å². The van der Waals surface area contributed by atoms with Crippen LogP contribution in [-0.4, -0.2) is 18.2 Å². The lowest BCUT2D eigenvalue weighted by Gasteiger charge is -2.18. The molecule has 0 saturated heterocycles. The highest BCUT2D eigenvalue weighted by Crippen LogP contribution is 2.24. The molecule has 64 valence electrons. The molecule has 0 heterocycles. The predicted octanol–water partition coefficient (Wildman–Crippen LogP) is 1.27. The molecular formula is C8H16N2S. The minimum atomic E-state index is 0.606. The van der Waals surface area contributed by atoms with Gasteiger partial charge in [0.1, 0.15) is 0 Å². The fraction of sp³-hybridized carbons (Fsp3) is 0.875. The van der Waals surface area contributed by atoms with E-state index in [0.717, 1.165) is 11.0 Å². The molecular weight excluding hydrogens is 156 g/mol. The van der Waals surface area contributed by atoms with Crippen LogP contribution in [0.2, 0.25) is 0 Å². The Morgan fingerprint density at radius 1 is 1.45 bits per heavy atom. The maximum absolute atomic E-state index is 5.02. The van der Waals surface area contributed by atoms with E-state index in [1.165, 1.54) is 19.3 Å². The van der Waals surface area contributed by atoms with Gasteiger partial charge in [-0.15, -0.1) is 0 Å². The smallest absolute Gasteiger partial charge is 0.166 e. The van der Waals surface area contributed by atoms with E-state index in [1.807, 2.05) is 7.05 Å². The highest BCUT2D eigenvalue weighted by Gasteiger charge is 2.23. The SMILES string of the molecule is CNC(=S)NC1CCCC1C. The van der Waals surface area contributed by atoms with Crippen molar-refractivity contribution in [1.29, 1.82) is 0 Å². The van der Waals surface area contributed by atoms with Crippen molar-refractivity contribution in [2.24, 2.45) is 5.92 Å². The van der Waals surface area contributed by atoms with Gasteiger partial charge in [-0.05, 0) is 31.0 Å². The summed E-state index contributed by atoms with van der Waals surface area (Å²) in [7, 11) is 1.86. The molecule has 1 saturated carbocycles. The molecule has 2 unspecified atom stereocenters. The molecule has 1 aliphatic rings. The fourth-order valence-corrected chi connectivity index (χ4v) is 1.75. The quantitative estimate of drug-likeness (QED) is 0.582. The van der Waals surface area contributed by atoms with Crippen LogP contribution in [0.4, 0.5) is 0 Å². The molecule has 0 amide bonds. The first kappa shape index (κ1) is 8.78. The van der Waals surface area contributed by atoms with Gasteiger partial charge in [0, 0.05) is 13.1 Å². The van der Waals surface area contributed by atoms with Gasteiger partial charge in [0.15, 0.2) is 5.11 Å². The number of nitrogens with one attached hydrogen (secondary N) is 2. The van der Waals surface area contributed by atoms with E-state index in [0.29, 0.717) is 6.04 Å². The highest BCUT2D eigenvalue weighted by molar-refractivity contribution is 7.80. The van der Waals surface area contributed by atoms with Crippen LogP contribution in [0.5, 0.6) is 0 Å². The third kappa shape index (κ3) is 2.33. The minimum Gasteiger partial charge on any atom is -0.366 e. The zero-order valence-electron chi connectivity index (χ0n) is 7.18. The largest absolute Gasteiger partial charge is 0.366 e. The molecule has 0 aromatic carbocycles. The first-order valence-corrected chi connectivity index (χ1v) is 4.63. The summed E-state index contributed by atoms with van der Waals surface area (Å²) < 4.78 is 0. The fourth-order valence-electron chi connectivity index (χ4n) is 1.60. The summed E-state index contributed by atoms with van der Waals surface area (Å²) in [5.74, 6) is 0.779. The molecule has 0 spiro atoms. The van der Waals surface area contributed by atoms with Gasteiger partial charge in [0.05, 0.1) is 0 Å². The van der Waals surface area contributed by atoms with E-state index in [1.54, 1.807) is 0 Å². The molecule has 0 aromatic heterocycles. The van der Waals surface area contributed by atoms with Crippen LogP contribution in [0, 0.1) is 5.92 Å². The van der Waals surface area contributed by atoms with Gasteiger partial charge in [-0.2, -0.15) is 0 Å². The Morgan fingerprint density at radius 2 is 2.18 bits per heavy atom. The lowest BCUT2D eigenvalue weighted by molar-refractivity contribution is 0.485. The second kappa shape index (κ2) is 3.90. The molecule has 1 rings (SSSR count). The molecule has 11 heavy (non-hydrogen) atoms. The normalized spacial score (nSPS) is 30.0. The zero-order chi connectivity index (χ0) is 8.27. The van der Waals surface area contributed by atoms with Crippen LogP contribution < -0.4 is 10.6 Å². The Bertz CT molecular complexity index is 147. The molecule has 0 radical (unpaired) electrons. The topological polar surface area (TPSA) is 24.1 Å². The van der Waals surface area contributed by atoms with E-state index >= 15 is 0 Å². The zero-order valence-corrected chi connectivity index (χ0v) is 8.00. The van der Waals surface area contributed by atoms with Gasteiger partial charge >= 0.3 is 0 Å². The van der Waals surface area contributed by atoms with Crippen molar-refractivity contribution >= 4 is 17.3 Å². The molecule has 0 aromatic rings. The average molecular weight is 172 g/mol. The van der Waals surface area contributed by atoms with Crippen LogP contribution in [-0.2, 0) is 0 Å². The Kier molecular flexibility index (Phi) is 3.12. The van der Waals surface area contributed by atoms with Gasteiger partial charge in [-0.1, -0.05) is 13.3 Å². The number of hydrogen-bond donors (Lipinski definition) is 2. The molecule has 2 nitrogen and oxygen atoms in total. The van der Waals surface area contributed by atoms with Crippen molar-refractivity contribution in [3.8, 4) is 0 Å². The van der Waals surface area contributed by atoms with Crippen molar-refractivity contribution in [1.82, 2.24) is 10.6 Å². The lowest BCUT2D eigenvalue weighted by atomic mass is 10.1. The Hall–Kier alpha value is -0.310. The Labute approximate surface area is 73.7 Å². The standard InChI is InChI=1S/C8H16N2S/c1-6-4-3-5-7(6)10-8(11)9-2/h6-7H,3-5H2,1-2H3,(H2,9,10,11). The van der Waals surface area contributed by atoms with Crippen molar-refractivity contribution < 1.29 is 0 Å². The first-order chi connectivity index (χ1) is 5.24. The molecule has 1 aliphatic carbocycles. The summed E-state index contributed by atoms with van der Waals surface area (Å²) >= 11 is 5.02. The van der Waals surface area contributed by atoms with E-state index in [9.17, 15) is 0 Å². The molecule has 1 fully saturated rings. The summed E-state index contributed by atoms with van der Waals surface area (Å²) in [6, 6.07) is 0.606. The second-order valence-corrected chi connectivity index (χ2v) is 3.65. The number of thiocarbonyl (C=S) groups is 1. The summed E-state index contributed by atoms with van der Waals surface area (Å²) in [6.07, 6.45) is 3.94. The average Bonchev–Trinajstić information content (AvgIpc) is 2.37. The summed E-state index contributed by atoms with van der Waals surface area (Å²) in [5.41, 5.74) is 0. The van der Waals surface area contributed by atoms with E-state index in [4.69, 9.17) is 12.2 Å². The summed E-state index contributed by atoms with van der Waals surface area (Å²) in [5, 5.41) is 7.01. The molecule has 0 bridgehead atoms. The first-order valence-electron chi connectivity index (χ1n) is 4.22. The van der Waals surface area contributed by atoms with Gasteiger partial charge in [-0.3, -0.25) is 0 Å². The third-order valence-electron chi connectivity index (χ3n) is 2.41. The third-order valence-corrected chi connectivity index (χ3v) is 2.73. The summed E-state index contributed by atoms with van der Waals surface area (Å²) in [6.45, 7) is 2.28. The molecule has 0 aliphatic heterocycles. The molecule has 2 atom stereocenters. The maximum Gasteiger partial charge on any atom is 0.166 e. The van der Waals surface area contributed by atoms with E-state index in [2.05, 4.69) is 17.6 Å². The maximum atomic E-state index is 5.02. The van der Waals surface area contributed by atoms with Crippen LogP contribution in [0.3, 0.4) is 0 Å². The van der Waals surface area contributed by atoms with Crippen LogP contribution >= 0.6 is 12.2 Å². The van der Waals surface area contributed by atoms with Crippen LogP contribution in [0.1, 0.15) is 26.2 Å². The predicted molar refractivity (Wildman–Crippen MR) is 51.6 cm³/mol.